The van der Waals surface area contributed by atoms with Crippen molar-refractivity contribution in [1.82, 2.24) is 4.98 Å². The zero-order valence-electron chi connectivity index (χ0n) is 7.16. The molecule has 0 radical (unpaired) electrons. The van der Waals surface area contributed by atoms with Crippen LogP contribution in [0.3, 0.4) is 0 Å². The second-order valence-electron chi connectivity index (χ2n) is 3.11. The summed E-state index contributed by atoms with van der Waals surface area (Å²) in [6.45, 7) is 0.251. The number of hydrogen-bond acceptors (Lipinski definition) is 3. The molecular formula is C9H11FN2O. The Kier molecular flexibility index (Phi) is 2.14. The van der Waals surface area contributed by atoms with Gasteiger partial charge in [0.05, 0.1) is 11.8 Å². The summed E-state index contributed by atoms with van der Waals surface area (Å²) in [4.78, 5) is 3.66. The van der Waals surface area contributed by atoms with E-state index in [1.165, 1.54) is 0 Å². The molecule has 1 aliphatic rings. The minimum Gasteiger partial charge on any atom is -0.486 e. The Labute approximate surface area is 75.7 Å². The highest BCUT2D eigenvalue weighted by atomic mass is 19.1. The Morgan fingerprint density at radius 2 is 2.31 bits per heavy atom. The zero-order chi connectivity index (χ0) is 9.26. The van der Waals surface area contributed by atoms with Gasteiger partial charge in [-0.1, -0.05) is 0 Å². The van der Waals surface area contributed by atoms with Crippen LogP contribution in [0.25, 0.3) is 0 Å². The van der Waals surface area contributed by atoms with E-state index in [-0.39, 0.29) is 18.4 Å². The molecule has 0 bridgehead atoms. The van der Waals surface area contributed by atoms with E-state index in [1.54, 1.807) is 12.1 Å². The van der Waals surface area contributed by atoms with E-state index in [4.69, 9.17) is 10.5 Å². The molecule has 13 heavy (non-hydrogen) atoms. The van der Waals surface area contributed by atoms with Crippen molar-refractivity contribution in [3.8, 4) is 5.75 Å². The molecule has 0 aromatic carbocycles. The molecule has 1 saturated carbocycles. The number of nitrogens with two attached hydrogens (primary N) is 1. The second kappa shape index (κ2) is 3.30. The molecule has 4 heteroatoms. The van der Waals surface area contributed by atoms with Crippen molar-refractivity contribution < 1.29 is 9.13 Å². The zero-order valence-corrected chi connectivity index (χ0v) is 7.16. The van der Waals surface area contributed by atoms with Crippen molar-refractivity contribution in [2.24, 2.45) is 5.73 Å². The van der Waals surface area contributed by atoms with Gasteiger partial charge in [0.1, 0.15) is 0 Å². The summed E-state index contributed by atoms with van der Waals surface area (Å²) in [5, 5.41) is 0. The van der Waals surface area contributed by atoms with Gasteiger partial charge in [0.2, 0.25) is 0 Å². The summed E-state index contributed by atoms with van der Waals surface area (Å²) in [5.41, 5.74) is 5.85. The molecule has 3 nitrogen and oxygen atoms in total. The Bertz CT molecular complexity index is 312. The van der Waals surface area contributed by atoms with E-state index >= 15 is 0 Å². The standard InChI is InChI=1S/C9H11FN2O/c10-9-8(13-7-2-3-7)4-1-6(5-11)12-9/h1,4,7H,2-3,5,11H2. The number of rotatable bonds is 3. The van der Waals surface area contributed by atoms with Gasteiger partial charge in [0.25, 0.3) is 5.95 Å². The molecule has 2 N–H and O–H groups in total. The lowest BCUT2D eigenvalue weighted by atomic mass is 10.3. The lowest BCUT2D eigenvalue weighted by molar-refractivity contribution is 0.283. The third-order valence-electron chi connectivity index (χ3n) is 1.90. The summed E-state index contributed by atoms with van der Waals surface area (Å²) >= 11 is 0. The van der Waals surface area contributed by atoms with Gasteiger partial charge in [0.15, 0.2) is 5.75 Å². The van der Waals surface area contributed by atoms with Crippen molar-refractivity contribution in [3.63, 3.8) is 0 Å². The molecule has 1 aromatic rings. The summed E-state index contributed by atoms with van der Waals surface area (Å²) < 4.78 is 18.4. The van der Waals surface area contributed by atoms with Gasteiger partial charge in [-0.2, -0.15) is 4.39 Å². The van der Waals surface area contributed by atoms with Crippen LogP contribution in [0.2, 0.25) is 0 Å². The average molecular weight is 182 g/mol. The van der Waals surface area contributed by atoms with Crippen LogP contribution in [0.15, 0.2) is 12.1 Å². The van der Waals surface area contributed by atoms with Crippen LogP contribution in [0, 0.1) is 5.95 Å². The third-order valence-corrected chi connectivity index (χ3v) is 1.90. The molecule has 1 aromatic heterocycles. The molecule has 0 atom stereocenters. The largest absolute Gasteiger partial charge is 0.486 e. The van der Waals surface area contributed by atoms with E-state index in [2.05, 4.69) is 4.98 Å². The van der Waals surface area contributed by atoms with Crippen molar-refractivity contribution in [3.05, 3.63) is 23.8 Å². The highest BCUT2D eigenvalue weighted by Gasteiger charge is 2.24. The van der Waals surface area contributed by atoms with Crippen LogP contribution in [0.1, 0.15) is 18.5 Å². The first kappa shape index (κ1) is 8.44. The Morgan fingerprint density at radius 1 is 1.54 bits per heavy atom. The number of nitrogens with zero attached hydrogens (tertiary/aromatic N) is 1. The molecule has 1 fully saturated rings. The van der Waals surface area contributed by atoms with E-state index in [1.807, 2.05) is 0 Å². The molecule has 1 aliphatic carbocycles. The Morgan fingerprint density at radius 3 is 2.85 bits per heavy atom. The number of pyridine rings is 1. The van der Waals surface area contributed by atoms with Crippen LogP contribution < -0.4 is 10.5 Å². The van der Waals surface area contributed by atoms with Gasteiger partial charge in [-0.3, -0.25) is 0 Å². The minimum atomic E-state index is -0.560. The van der Waals surface area contributed by atoms with Crippen LogP contribution in [0.4, 0.5) is 4.39 Å². The van der Waals surface area contributed by atoms with E-state index in [9.17, 15) is 4.39 Å². The first-order valence-corrected chi connectivity index (χ1v) is 4.32. The maximum absolute atomic E-state index is 13.1. The molecule has 0 saturated heterocycles. The van der Waals surface area contributed by atoms with Gasteiger partial charge < -0.3 is 10.5 Å². The summed E-state index contributed by atoms with van der Waals surface area (Å²) in [7, 11) is 0. The molecule has 70 valence electrons. The van der Waals surface area contributed by atoms with Crippen LogP contribution in [-0.2, 0) is 6.54 Å². The number of halogens is 1. The number of aromatic nitrogens is 1. The Balaban J connectivity index is 2.15. The average Bonchev–Trinajstić information content (AvgIpc) is 2.92. The first-order chi connectivity index (χ1) is 6.29. The van der Waals surface area contributed by atoms with Crippen LogP contribution in [0.5, 0.6) is 5.75 Å². The van der Waals surface area contributed by atoms with E-state index in [0.717, 1.165) is 12.8 Å². The van der Waals surface area contributed by atoms with Crippen LogP contribution in [-0.4, -0.2) is 11.1 Å². The lowest BCUT2D eigenvalue weighted by Crippen LogP contribution is -2.04. The number of ether oxygens (including phenoxy) is 1. The van der Waals surface area contributed by atoms with E-state index < -0.39 is 5.95 Å². The van der Waals surface area contributed by atoms with Crippen molar-refractivity contribution in [1.29, 1.82) is 0 Å². The lowest BCUT2D eigenvalue weighted by Gasteiger charge is -2.05. The third kappa shape index (κ3) is 1.95. The molecule has 0 spiro atoms. The molecular weight excluding hydrogens is 171 g/mol. The topological polar surface area (TPSA) is 48.1 Å². The van der Waals surface area contributed by atoms with E-state index in [0.29, 0.717) is 5.69 Å². The van der Waals surface area contributed by atoms with Crippen molar-refractivity contribution >= 4 is 0 Å². The Hall–Kier alpha value is -1.16. The molecule has 0 amide bonds. The predicted octanol–water partition coefficient (Wildman–Crippen LogP) is 1.22. The molecule has 2 rings (SSSR count). The highest BCUT2D eigenvalue weighted by molar-refractivity contribution is 5.22. The van der Waals surface area contributed by atoms with Gasteiger partial charge in [-0.25, -0.2) is 4.98 Å². The minimum absolute atomic E-state index is 0.194. The fourth-order valence-electron chi connectivity index (χ4n) is 1.03. The summed E-state index contributed by atoms with van der Waals surface area (Å²) in [5.74, 6) is -0.324. The van der Waals surface area contributed by atoms with Crippen LogP contribution >= 0.6 is 0 Å². The van der Waals surface area contributed by atoms with Crippen molar-refractivity contribution in [2.75, 3.05) is 0 Å². The van der Waals surface area contributed by atoms with Gasteiger partial charge >= 0.3 is 0 Å². The van der Waals surface area contributed by atoms with Gasteiger partial charge in [0, 0.05) is 6.54 Å². The monoisotopic (exact) mass is 182 g/mol. The van der Waals surface area contributed by atoms with Crippen molar-refractivity contribution in [2.45, 2.75) is 25.5 Å². The first-order valence-electron chi connectivity index (χ1n) is 4.32. The smallest absolute Gasteiger partial charge is 0.255 e. The fraction of sp³-hybridized carbons (Fsp3) is 0.444. The summed E-state index contributed by atoms with van der Waals surface area (Å²) in [6, 6.07) is 3.27. The molecule has 0 unspecified atom stereocenters. The number of hydrogen-bond donors (Lipinski definition) is 1. The maximum Gasteiger partial charge on any atom is 0.255 e. The second-order valence-corrected chi connectivity index (χ2v) is 3.11. The molecule has 1 heterocycles. The molecule has 0 aliphatic heterocycles. The highest BCUT2D eigenvalue weighted by Crippen LogP contribution is 2.27. The normalized spacial score (nSPS) is 15.8. The van der Waals surface area contributed by atoms with Gasteiger partial charge in [-0.15, -0.1) is 0 Å². The fourth-order valence-corrected chi connectivity index (χ4v) is 1.03. The van der Waals surface area contributed by atoms with Gasteiger partial charge in [-0.05, 0) is 25.0 Å². The quantitative estimate of drug-likeness (QED) is 0.715. The maximum atomic E-state index is 13.1. The SMILES string of the molecule is NCc1ccc(OC2CC2)c(F)n1. The summed E-state index contributed by atoms with van der Waals surface area (Å²) in [6.07, 6.45) is 2.22. The predicted molar refractivity (Wildman–Crippen MR) is 45.7 cm³/mol.